The van der Waals surface area contributed by atoms with Gasteiger partial charge in [-0.15, -0.1) is 0 Å². The van der Waals surface area contributed by atoms with Crippen LogP contribution in [0.15, 0.2) is 24.3 Å². The van der Waals surface area contributed by atoms with E-state index in [0.717, 1.165) is 6.61 Å². The van der Waals surface area contributed by atoms with Crippen LogP contribution in [0.2, 0.25) is 0 Å². The van der Waals surface area contributed by atoms with E-state index in [0.29, 0.717) is 18.1 Å². The number of epoxide rings is 1. The van der Waals surface area contributed by atoms with Gasteiger partial charge in [0, 0.05) is 6.92 Å². The molecule has 1 unspecified atom stereocenters. The molecular weight excluding hydrogens is 196 g/mol. The van der Waals surface area contributed by atoms with E-state index in [1.165, 1.54) is 6.92 Å². The van der Waals surface area contributed by atoms with Gasteiger partial charge in [0.25, 0.3) is 0 Å². The topological polar surface area (TPSA) is 48.1 Å². The number of ether oxygens (including phenoxy) is 3. The van der Waals surface area contributed by atoms with E-state index in [4.69, 9.17) is 14.2 Å². The first-order chi connectivity index (χ1) is 7.25. The fourth-order valence-corrected chi connectivity index (χ4v) is 1.16. The highest BCUT2D eigenvalue weighted by atomic mass is 16.6. The lowest BCUT2D eigenvalue weighted by Gasteiger charge is -2.09. The third-order valence-corrected chi connectivity index (χ3v) is 1.93. The maximum atomic E-state index is 10.8. The fourth-order valence-electron chi connectivity index (χ4n) is 1.16. The van der Waals surface area contributed by atoms with E-state index in [1.807, 2.05) is 6.07 Å². The third-order valence-electron chi connectivity index (χ3n) is 1.93. The summed E-state index contributed by atoms with van der Waals surface area (Å²) < 4.78 is 15.5. The summed E-state index contributed by atoms with van der Waals surface area (Å²) in [5, 5.41) is 0. The number of hydrogen-bond acceptors (Lipinski definition) is 4. The molecule has 4 nitrogen and oxygen atoms in total. The minimum absolute atomic E-state index is 0.190. The lowest BCUT2D eigenvalue weighted by Crippen LogP contribution is -2.07. The lowest BCUT2D eigenvalue weighted by atomic mass is 10.3. The van der Waals surface area contributed by atoms with Crippen molar-refractivity contribution in [2.24, 2.45) is 0 Å². The Morgan fingerprint density at radius 3 is 2.73 bits per heavy atom. The SMILES string of the molecule is CC(=O)Oc1ccccc1OCC1CO1. The summed E-state index contributed by atoms with van der Waals surface area (Å²) in [6.07, 6.45) is 0.190. The van der Waals surface area contributed by atoms with Crippen molar-refractivity contribution < 1.29 is 19.0 Å². The quantitative estimate of drug-likeness (QED) is 0.426. The predicted molar refractivity (Wildman–Crippen MR) is 53.0 cm³/mol. The minimum atomic E-state index is -0.353. The first-order valence-corrected chi connectivity index (χ1v) is 4.77. The Morgan fingerprint density at radius 2 is 2.13 bits per heavy atom. The lowest BCUT2D eigenvalue weighted by molar-refractivity contribution is -0.132. The number of benzene rings is 1. The number of para-hydroxylation sites is 2. The first kappa shape index (κ1) is 9.98. The van der Waals surface area contributed by atoms with Gasteiger partial charge in [-0.05, 0) is 12.1 Å². The molecule has 2 rings (SSSR count). The van der Waals surface area contributed by atoms with Gasteiger partial charge in [0.1, 0.15) is 12.7 Å². The molecule has 1 aromatic carbocycles. The van der Waals surface area contributed by atoms with Gasteiger partial charge in [-0.2, -0.15) is 0 Å². The Hall–Kier alpha value is -1.55. The van der Waals surface area contributed by atoms with Crippen LogP contribution in [-0.4, -0.2) is 25.3 Å². The maximum absolute atomic E-state index is 10.8. The van der Waals surface area contributed by atoms with Crippen LogP contribution >= 0.6 is 0 Å². The Kier molecular flexibility index (Phi) is 2.87. The molecule has 4 heteroatoms. The number of hydrogen-bond donors (Lipinski definition) is 0. The molecule has 0 saturated carbocycles. The summed E-state index contributed by atoms with van der Waals surface area (Å²) in [5.74, 6) is 0.669. The zero-order chi connectivity index (χ0) is 10.7. The Labute approximate surface area is 87.8 Å². The zero-order valence-corrected chi connectivity index (χ0v) is 8.43. The van der Waals surface area contributed by atoms with Crippen molar-refractivity contribution in [1.82, 2.24) is 0 Å². The highest BCUT2D eigenvalue weighted by molar-refractivity contribution is 5.70. The molecular formula is C11H12O4. The second-order valence-corrected chi connectivity index (χ2v) is 3.31. The van der Waals surface area contributed by atoms with Crippen LogP contribution in [-0.2, 0) is 9.53 Å². The molecule has 0 spiro atoms. The molecule has 1 aromatic rings. The second kappa shape index (κ2) is 4.31. The van der Waals surface area contributed by atoms with Gasteiger partial charge in [-0.1, -0.05) is 12.1 Å². The van der Waals surface area contributed by atoms with Crippen molar-refractivity contribution in [2.45, 2.75) is 13.0 Å². The van der Waals surface area contributed by atoms with Crippen molar-refractivity contribution in [1.29, 1.82) is 0 Å². The van der Waals surface area contributed by atoms with Crippen molar-refractivity contribution >= 4 is 5.97 Å². The van der Waals surface area contributed by atoms with Gasteiger partial charge in [0.05, 0.1) is 6.61 Å². The average Bonchev–Trinajstić information content (AvgIpc) is 2.99. The van der Waals surface area contributed by atoms with Crippen molar-refractivity contribution in [3.63, 3.8) is 0 Å². The Bertz CT molecular complexity index is 357. The Balaban J connectivity index is 2.02. The molecule has 0 aliphatic carbocycles. The predicted octanol–water partition coefficient (Wildman–Crippen LogP) is 1.39. The van der Waals surface area contributed by atoms with E-state index in [1.54, 1.807) is 18.2 Å². The molecule has 1 aliphatic heterocycles. The molecule has 0 radical (unpaired) electrons. The summed E-state index contributed by atoms with van der Waals surface area (Å²) >= 11 is 0. The summed E-state index contributed by atoms with van der Waals surface area (Å²) in [7, 11) is 0. The second-order valence-electron chi connectivity index (χ2n) is 3.31. The van der Waals surface area contributed by atoms with Crippen LogP contribution in [0.1, 0.15) is 6.92 Å². The van der Waals surface area contributed by atoms with Crippen LogP contribution in [0, 0.1) is 0 Å². The monoisotopic (exact) mass is 208 g/mol. The first-order valence-electron chi connectivity index (χ1n) is 4.77. The molecule has 0 N–H and O–H groups in total. The number of rotatable bonds is 4. The van der Waals surface area contributed by atoms with E-state index in [-0.39, 0.29) is 12.1 Å². The van der Waals surface area contributed by atoms with Crippen molar-refractivity contribution in [2.75, 3.05) is 13.2 Å². The summed E-state index contributed by atoms with van der Waals surface area (Å²) in [5.41, 5.74) is 0. The van der Waals surface area contributed by atoms with Gasteiger partial charge < -0.3 is 14.2 Å². The molecule has 1 heterocycles. The van der Waals surface area contributed by atoms with Crippen molar-refractivity contribution in [3.05, 3.63) is 24.3 Å². The molecule has 80 valence electrons. The smallest absolute Gasteiger partial charge is 0.308 e. The highest BCUT2D eigenvalue weighted by Gasteiger charge is 2.23. The van der Waals surface area contributed by atoms with E-state index < -0.39 is 0 Å². The molecule has 1 aliphatic rings. The van der Waals surface area contributed by atoms with Crippen LogP contribution in [0.5, 0.6) is 11.5 Å². The largest absolute Gasteiger partial charge is 0.487 e. The highest BCUT2D eigenvalue weighted by Crippen LogP contribution is 2.27. The van der Waals surface area contributed by atoms with E-state index in [2.05, 4.69) is 0 Å². The molecule has 0 aromatic heterocycles. The van der Waals surface area contributed by atoms with Gasteiger partial charge in [-0.25, -0.2) is 0 Å². The molecule has 15 heavy (non-hydrogen) atoms. The van der Waals surface area contributed by atoms with Crippen molar-refractivity contribution in [3.8, 4) is 11.5 Å². The fraction of sp³-hybridized carbons (Fsp3) is 0.364. The van der Waals surface area contributed by atoms with Crippen LogP contribution in [0.25, 0.3) is 0 Å². The number of carbonyl (C=O) groups excluding carboxylic acids is 1. The molecule has 0 bridgehead atoms. The molecule has 1 fully saturated rings. The third kappa shape index (κ3) is 2.95. The average molecular weight is 208 g/mol. The molecule has 1 atom stereocenters. The van der Waals surface area contributed by atoms with E-state index >= 15 is 0 Å². The number of carbonyl (C=O) groups is 1. The van der Waals surface area contributed by atoms with Gasteiger partial charge in [0.2, 0.25) is 0 Å². The molecule has 0 amide bonds. The van der Waals surface area contributed by atoms with Crippen LogP contribution < -0.4 is 9.47 Å². The Morgan fingerprint density at radius 1 is 1.47 bits per heavy atom. The zero-order valence-electron chi connectivity index (χ0n) is 8.43. The molecule has 1 saturated heterocycles. The minimum Gasteiger partial charge on any atom is -0.487 e. The maximum Gasteiger partial charge on any atom is 0.308 e. The van der Waals surface area contributed by atoms with E-state index in [9.17, 15) is 4.79 Å². The van der Waals surface area contributed by atoms with Crippen LogP contribution in [0.3, 0.4) is 0 Å². The summed E-state index contributed by atoms with van der Waals surface area (Å²) in [6, 6.07) is 7.08. The van der Waals surface area contributed by atoms with Gasteiger partial charge in [0.15, 0.2) is 11.5 Å². The summed E-state index contributed by atoms with van der Waals surface area (Å²) in [6.45, 7) is 2.61. The van der Waals surface area contributed by atoms with Gasteiger partial charge in [-0.3, -0.25) is 4.79 Å². The normalized spacial score (nSPS) is 18.3. The standard InChI is InChI=1S/C11H12O4/c1-8(12)15-11-5-3-2-4-10(11)14-7-9-6-13-9/h2-5,9H,6-7H2,1H3. The number of esters is 1. The van der Waals surface area contributed by atoms with Gasteiger partial charge >= 0.3 is 5.97 Å². The summed E-state index contributed by atoms with van der Waals surface area (Å²) in [4.78, 5) is 10.8. The van der Waals surface area contributed by atoms with Crippen LogP contribution in [0.4, 0.5) is 0 Å².